The lowest BCUT2D eigenvalue weighted by Crippen LogP contribution is -2.24. The lowest BCUT2D eigenvalue weighted by atomic mass is 10.1. The van der Waals surface area contributed by atoms with E-state index in [1.165, 1.54) is 0 Å². The van der Waals surface area contributed by atoms with Crippen LogP contribution in [0.3, 0.4) is 0 Å². The fourth-order valence-electron chi connectivity index (χ4n) is 2.13. The molecule has 2 aromatic rings. The standard InChI is InChI=1S/C19H22N2O2/c1-15-12-16(2)18(21-13-15)10-6-7-11-20-19(22)23-14-17-8-4-3-5-9-17/h3-6,8-10,12-13H,7,11,14H2,1-2H3,(H,20,22). The highest BCUT2D eigenvalue weighted by Crippen LogP contribution is 2.08. The van der Waals surface area contributed by atoms with Gasteiger partial charge in [-0.2, -0.15) is 0 Å². The minimum atomic E-state index is -0.396. The van der Waals surface area contributed by atoms with Crippen LogP contribution in [0.15, 0.2) is 48.7 Å². The minimum Gasteiger partial charge on any atom is -0.445 e. The van der Waals surface area contributed by atoms with Crippen molar-refractivity contribution in [2.75, 3.05) is 6.54 Å². The van der Waals surface area contributed by atoms with Crippen LogP contribution in [-0.2, 0) is 11.3 Å². The molecule has 1 amide bonds. The van der Waals surface area contributed by atoms with Crippen LogP contribution in [0.25, 0.3) is 6.08 Å². The maximum absolute atomic E-state index is 11.6. The average molecular weight is 310 g/mol. The molecule has 0 aliphatic heterocycles. The maximum atomic E-state index is 11.6. The van der Waals surface area contributed by atoms with Gasteiger partial charge in [0.05, 0.1) is 5.69 Å². The number of pyridine rings is 1. The first-order chi connectivity index (χ1) is 11.1. The largest absolute Gasteiger partial charge is 0.445 e. The van der Waals surface area contributed by atoms with E-state index in [0.717, 1.165) is 28.8 Å². The number of benzene rings is 1. The van der Waals surface area contributed by atoms with E-state index >= 15 is 0 Å². The van der Waals surface area contributed by atoms with Crippen LogP contribution in [0.1, 0.15) is 28.8 Å². The zero-order valence-electron chi connectivity index (χ0n) is 13.6. The van der Waals surface area contributed by atoms with Crippen LogP contribution < -0.4 is 5.32 Å². The molecule has 0 radical (unpaired) electrons. The number of hydrogen-bond donors (Lipinski definition) is 1. The summed E-state index contributed by atoms with van der Waals surface area (Å²) in [7, 11) is 0. The SMILES string of the molecule is Cc1cnc(C=CCCNC(=O)OCc2ccccc2)c(C)c1. The summed E-state index contributed by atoms with van der Waals surface area (Å²) in [5.41, 5.74) is 4.24. The van der Waals surface area contributed by atoms with Gasteiger partial charge in [0.15, 0.2) is 0 Å². The number of nitrogens with zero attached hydrogens (tertiary/aromatic N) is 1. The van der Waals surface area contributed by atoms with Crippen molar-refractivity contribution in [3.63, 3.8) is 0 Å². The van der Waals surface area contributed by atoms with Gasteiger partial charge in [0.2, 0.25) is 0 Å². The van der Waals surface area contributed by atoms with Gasteiger partial charge in [0.25, 0.3) is 0 Å². The molecule has 1 aromatic heterocycles. The van der Waals surface area contributed by atoms with E-state index < -0.39 is 6.09 Å². The Bertz CT molecular complexity index is 666. The van der Waals surface area contributed by atoms with Crippen molar-refractivity contribution in [2.45, 2.75) is 26.9 Å². The van der Waals surface area contributed by atoms with Crippen LogP contribution in [-0.4, -0.2) is 17.6 Å². The number of nitrogens with one attached hydrogen (secondary N) is 1. The quantitative estimate of drug-likeness (QED) is 0.820. The number of amides is 1. The van der Waals surface area contributed by atoms with Crippen molar-refractivity contribution in [1.29, 1.82) is 0 Å². The van der Waals surface area contributed by atoms with E-state index in [0.29, 0.717) is 6.54 Å². The fraction of sp³-hybridized carbons (Fsp3) is 0.263. The van der Waals surface area contributed by atoms with Gasteiger partial charge in [0.1, 0.15) is 6.61 Å². The smallest absolute Gasteiger partial charge is 0.407 e. The molecule has 0 fully saturated rings. The molecule has 0 aliphatic rings. The summed E-state index contributed by atoms with van der Waals surface area (Å²) >= 11 is 0. The molecule has 120 valence electrons. The number of alkyl carbamates (subject to hydrolysis) is 1. The topological polar surface area (TPSA) is 51.2 Å². The van der Waals surface area contributed by atoms with E-state index in [-0.39, 0.29) is 6.61 Å². The molecule has 4 nitrogen and oxygen atoms in total. The molecule has 1 N–H and O–H groups in total. The zero-order chi connectivity index (χ0) is 16.5. The van der Waals surface area contributed by atoms with Gasteiger partial charge in [-0.25, -0.2) is 4.79 Å². The van der Waals surface area contributed by atoms with Crippen molar-refractivity contribution < 1.29 is 9.53 Å². The molecule has 0 spiro atoms. The van der Waals surface area contributed by atoms with E-state index in [9.17, 15) is 4.79 Å². The molecule has 1 aromatic carbocycles. The van der Waals surface area contributed by atoms with Crippen molar-refractivity contribution in [3.05, 3.63) is 71.1 Å². The molecular formula is C19H22N2O2. The Labute approximate surface area is 137 Å². The highest BCUT2D eigenvalue weighted by molar-refractivity contribution is 5.67. The summed E-state index contributed by atoms with van der Waals surface area (Å²) in [6.07, 6.45) is 6.17. The van der Waals surface area contributed by atoms with Crippen molar-refractivity contribution in [1.82, 2.24) is 10.3 Å². The van der Waals surface area contributed by atoms with Gasteiger partial charge in [-0.3, -0.25) is 4.98 Å². The van der Waals surface area contributed by atoms with Crippen molar-refractivity contribution in [2.24, 2.45) is 0 Å². The number of carbonyl (C=O) groups excluding carboxylic acids is 1. The minimum absolute atomic E-state index is 0.287. The first-order valence-corrected chi connectivity index (χ1v) is 7.69. The lowest BCUT2D eigenvalue weighted by Gasteiger charge is -2.06. The van der Waals surface area contributed by atoms with Gasteiger partial charge in [-0.05, 0) is 43.0 Å². The summed E-state index contributed by atoms with van der Waals surface area (Å²) in [4.78, 5) is 15.9. The second kappa shape index (κ2) is 8.73. The number of aromatic nitrogens is 1. The highest BCUT2D eigenvalue weighted by atomic mass is 16.5. The third kappa shape index (κ3) is 5.94. The highest BCUT2D eigenvalue weighted by Gasteiger charge is 2.01. The predicted molar refractivity (Wildman–Crippen MR) is 92.0 cm³/mol. The Kier molecular flexibility index (Phi) is 6.36. The number of rotatable bonds is 6. The van der Waals surface area contributed by atoms with Gasteiger partial charge >= 0.3 is 6.09 Å². The van der Waals surface area contributed by atoms with Crippen LogP contribution in [0, 0.1) is 13.8 Å². The molecule has 0 saturated heterocycles. The molecule has 0 atom stereocenters. The number of carbonyl (C=O) groups is 1. The van der Waals surface area contributed by atoms with Gasteiger partial charge < -0.3 is 10.1 Å². The summed E-state index contributed by atoms with van der Waals surface area (Å²) < 4.78 is 5.14. The maximum Gasteiger partial charge on any atom is 0.407 e. The monoisotopic (exact) mass is 310 g/mol. The predicted octanol–water partition coefficient (Wildman–Crippen LogP) is 4.03. The molecule has 4 heteroatoms. The molecule has 0 unspecified atom stereocenters. The van der Waals surface area contributed by atoms with E-state index in [1.54, 1.807) is 0 Å². The number of aryl methyl sites for hydroxylation is 2. The van der Waals surface area contributed by atoms with E-state index in [2.05, 4.69) is 16.4 Å². The van der Waals surface area contributed by atoms with Crippen LogP contribution in [0.5, 0.6) is 0 Å². The van der Waals surface area contributed by atoms with Gasteiger partial charge in [-0.1, -0.05) is 42.5 Å². The third-order valence-corrected chi connectivity index (χ3v) is 3.32. The normalized spacial score (nSPS) is 10.7. The summed E-state index contributed by atoms with van der Waals surface area (Å²) in [6, 6.07) is 11.7. The third-order valence-electron chi connectivity index (χ3n) is 3.32. The molecule has 23 heavy (non-hydrogen) atoms. The summed E-state index contributed by atoms with van der Waals surface area (Å²) in [6.45, 7) is 4.89. The summed E-state index contributed by atoms with van der Waals surface area (Å²) in [5.74, 6) is 0. The van der Waals surface area contributed by atoms with Crippen LogP contribution in [0.2, 0.25) is 0 Å². The second-order valence-electron chi connectivity index (χ2n) is 5.39. The average Bonchev–Trinajstić information content (AvgIpc) is 2.55. The molecule has 1 heterocycles. The fourth-order valence-corrected chi connectivity index (χ4v) is 2.13. The second-order valence-corrected chi connectivity index (χ2v) is 5.39. The molecule has 0 bridgehead atoms. The molecule has 0 saturated carbocycles. The summed E-state index contributed by atoms with van der Waals surface area (Å²) in [5, 5.41) is 2.73. The Hall–Kier alpha value is -2.62. The lowest BCUT2D eigenvalue weighted by molar-refractivity contribution is 0.140. The van der Waals surface area contributed by atoms with Crippen LogP contribution in [0.4, 0.5) is 4.79 Å². The molecular weight excluding hydrogens is 288 g/mol. The Balaban J connectivity index is 1.66. The van der Waals surface area contributed by atoms with Crippen molar-refractivity contribution >= 4 is 12.2 Å². The Morgan fingerprint density at radius 2 is 2.04 bits per heavy atom. The first kappa shape index (κ1) is 16.7. The molecule has 2 rings (SSSR count). The Morgan fingerprint density at radius 3 is 2.78 bits per heavy atom. The number of ether oxygens (including phenoxy) is 1. The van der Waals surface area contributed by atoms with Gasteiger partial charge in [-0.15, -0.1) is 0 Å². The van der Waals surface area contributed by atoms with E-state index in [1.807, 2.05) is 62.5 Å². The van der Waals surface area contributed by atoms with Crippen LogP contribution >= 0.6 is 0 Å². The number of hydrogen-bond acceptors (Lipinski definition) is 3. The van der Waals surface area contributed by atoms with Crippen molar-refractivity contribution in [3.8, 4) is 0 Å². The van der Waals surface area contributed by atoms with E-state index in [4.69, 9.17) is 4.74 Å². The first-order valence-electron chi connectivity index (χ1n) is 7.69. The van der Waals surface area contributed by atoms with Gasteiger partial charge in [0, 0.05) is 12.7 Å². The molecule has 0 aliphatic carbocycles. The zero-order valence-corrected chi connectivity index (χ0v) is 13.6. The Morgan fingerprint density at radius 1 is 1.26 bits per heavy atom.